The van der Waals surface area contributed by atoms with E-state index in [2.05, 4.69) is 96.4 Å². The van der Waals surface area contributed by atoms with Crippen molar-refractivity contribution in [3.05, 3.63) is 155 Å². The highest BCUT2D eigenvalue weighted by molar-refractivity contribution is 5.97. The summed E-state index contributed by atoms with van der Waals surface area (Å²) in [5, 5.41) is 0. The van der Waals surface area contributed by atoms with Crippen molar-refractivity contribution in [2.24, 2.45) is 0 Å². The molecule has 0 saturated carbocycles. The normalized spacial score (nSPS) is 16.1. The van der Waals surface area contributed by atoms with Gasteiger partial charge in [-0.3, -0.25) is 0 Å². The first kappa shape index (κ1) is 26.8. The van der Waals surface area contributed by atoms with E-state index in [9.17, 15) is 4.79 Å². The van der Waals surface area contributed by atoms with Crippen molar-refractivity contribution in [3.63, 3.8) is 0 Å². The van der Waals surface area contributed by atoms with Gasteiger partial charge in [0.05, 0.1) is 11.1 Å². The predicted molar refractivity (Wildman–Crippen MR) is 171 cm³/mol. The zero-order valence-electron chi connectivity index (χ0n) is 24.5. The molecular formula is C38H34N2O3. The van der Waals surface area contributed by atoms with Gasteiger partial charge in [-0.2, -0.15) is 0 Å². The van der Waals surface area contributed by atoms with E-state index in [-0.39, 0.29) is 5.97 Å². The smallest absolute Gasteiger partial charge is 0.340 e. The number of carbonyl (C=O) groups is 1. The number of fused-ring (bicyclic) bond motifs is 6. The van der Waals surface area contributed by atoms with Gasteiger partial charge in [-0.15, -0.1) is 0 Å². The van der Waals surface area contributed by atoms with Crippen molar-refractivity contribution in [3.8, 4) is 11.5 Å². The second kappa shape index (κ2) is 11.0. The molecule has 0 aliphatic carbocycles. The first-order chi connectivity index (χ1) is 21.1. The molecule has 0 bridgehead atoms. The molecule has 2 heterocycles. The van der Waals surface area contributed by atoms with Crippen molar-refractivity contribution < 1.29 is 14.3 Å². The molecule has 0 fully saturated rings. The number of ether oxygens (including phenoxy) is 2. The fraction of sp³-hybridized carbons (Fsp3) is 0.184. The van der Waals surface area contributed by atoms with Gasteiger partial charge in [0.1, 0.15) is 11.5 Å². The van der Waals surface area contributed by atoms with Gasteiger partial charge >= 0.3 is 5.97 Å². The number of rotatable bonds is 8. The molecule has 1 atom stereocenters. The van der Waals surface area contributed by atoms with E-state index in [1.807, 2.05) is 48.5 Å². The Morgan fingerprint density at radius 1 is 0.628 bits per heavy atom. The molecule has 1 spiro atoms. The Bertz CT molecular complexity index is 1740. The molecule has 2 aliphatic heterocycles. The number of carbonyl (C=O) groups excluding carboxylic acids is 1. The molecule has 1 unspecified atom stereocenters. The molecule has 0 amide bonds. The maximum absolute atomic E-state index is 13.6. The molecule has 5 aromatic carbocycles. The van der Waals surface area contributed by atoms with E-state index in [1.165, 1.54) is 11.1 Å². The first-order valence-corrected chi connectivity index (χ1v) is 15.0. The van der Waals surface area contributed by atoms with E-state index >= 15 is 0 Å². The molecule has 2 aliphatic rings. The van der Waals surface area contributed by atoms with Crippen LogP contribution in [0, 0.1) is 0 Å². The summed E-state index contributed by atoms with van der Waals surface area (Å²) < 4.78 is 13.3. The highest BCUT2D eigenvalue weighted by Gasteiger charge is 2.55. The average Bonchev–Trinajstić information content (AvgIpc) is 3.34. The lowest BCUT2D eigenvalue weighted by molar-refractivity contribution is 0.0226. The molecule has 214 valence electrons. The van der Waals surface area contributed by atoms with Gasteiger partial charge in [0, 0.05) is 54.7 Å². The van der Waals surface area contributed by atoms with Crippen LogP contribution in [0.3, 0.4) is 0 Å². The zero-order chi connectivity index (χ0) is 29.4. The van der Waals surface area contributed by atoms with Crippen molar-refractivity contribution >= 4 is 17.3 Å². The van der Waals surface area contributed by atoms with Crippen LogP contribution in [0.25, 0.3) is 0 Å². The Balaban J connectivity index is 1.46. The second-order valence-corrected chi connectivity index (χ2v) is 11.0. The zero-order valence-corrected chi connectivity index (χ0v) is 24.5. The summed E-state index contributed by atoms with van der Waals surface area (Å²) >= 11 is 0. The lowest BCUT2D eigenvalue weighted by Gasteiger charge is -2.40. The first-order valence-electron chi connectivity index (χ1n) is 15.0. The quantitative estimate of drug-likeness (QED) is 0.177. The standard InChI is InChI=1S/C38H34N2O3/c1-3-39(4-2)29-22-23-32-35(24-29)42-34-21-13-20-33(36(34)38(32)31-19-12-11-18-30(31)37(41)43-38)40(25-27-14-7-5-8-15-27)26-28-16-9-6-10-17-28/h5-24H,3-4,25-26H2,1-2H3. The van der Waals surface area contributed by atoms with Crippen LogP contribution in [0.15, 0.2) is 121 Å². The Kier molecular flexibility index (Phi) is 6.86. The lowest BCUT2D eigenvalue weighted by atomic mass is 9.76. The fourth-order valence-corrected chi connectivity index (χ4v) is 6.58. The molecule has 0 aromatic heterocycles. The molecule has 0 saturated heterocycles. The Morgan fingerprint density at radius 3 is 1.95 bits per heavy atom. The van der Waals surface area contributed by atoms with Crippen LogP contribution >= 0.6 is 0 Å². The molecule has 0 radical (unpaired) electrons. The third-order valence-electron chi connectivity index (χ3n) is 8.59. The maximum atomic E-state index is 13.6. The summed E-state index contributed by atoms with van der Waals surface area (Å²) in [5.41, 5.74) is 6.38. The fourth-order valence-electron chi connectivity index (χ4n) is 6.58. The summed E-state index contributed by atoms with van der Waals surface area (Å²) in [6, 6.07) is 41.1. The van der Waals surface area contributed by atoms with Crippen molar-refractivity contribution in [1.82, 2.24) is 0 Å². The van der Waals surface area contributed by atoms with Crippen LogP contribution in [0.1, 0.15) is 52.0 Å². The molecule has 5 aromatic rings. The van der Waals surface area contributed by atoms with Gasteiger partial charge in [0.2, 0.25) is 0 Å². The predicted octanol–water partition coefficient (Wildman–Crippen LogP) is 8.31. The monoisotopic (exact) mass is 566 g/mol. The minimum atomic E-state index is -1.15. The van der Waals surface area contributed by atoms with E-state index in [0.717, 1.165) is 41.2 Å². The van der Waals surface area contributed by atoms with Gasteiger partial charge < -0.3 is 19.3 Å². The van der Waals surface area contributed by atoms with Crippen LogP contribution in [0.2, 0.25) is 0 Å². The SMILES string of the molecule is CCN(CC)c1ccc2c(c1)Oc1cccc(N(Cc3ccccc3)Cc3ccccc3)c1C21OC(=O)c2ccccc21. The van der Waals surface area contributed by atoms with Crippen molar-refractivity contribution in [2.45, 2.75) is 32.5 Å². The molecule has 7 rings (SSSR count). The summed E-state index contributed by atoms with van der Waals surface area (Å²) in [6.07, 6.45) is 0. The number of hydrogen-bond acceptors (Lipinski definition) is 5. The van der Waals surface area contributed by atoms with Crippen LogP contribution in [0.4, 0.5) is 11.4 Å². The second-order valence-electron chi connectivity index (χ2n) is 11.0. The number of nitrogens with zero attached hydrogens (tertiary/aromatic N) is 2. The van der Waals surface area contributed by atoms with Gasteiger partial charge in [-0.1, -0.05) is 84.9 Å². The number of anilines is 2. The molecule has 43 heavy (non-hydrogen) atoms. The summed E-state index contributed by atoms with van der Waals surface area (Å²) in [6.45, 7) is 7.41. The number of benzene rings is 5. The van der Waals surface area contributed by atoms with Crippen LogP contribution < -0.4 is 14.5 Å². The third kappa shape index (κ3) is 4.52. The number of esters is 1. The lowest BCUT2D eigenvalue weighted by Crippen LogP contribution is -2.36. The summed E-state index contributed by atoms with van der Waals surface area (Å²) in [4.78, 5) is 18.3. The van der Waals surface area contributed by atoms with Gasteiger partial charge in [-0.05, 0) is 55.3 Å². The largest absolute Gasteiger partial charge is 0.456 e. The molecule has 5 nitrogen and oxygen atoms in total. The summed E-state index contributed by atoms with van der Waals surface area (Å²) in [7, 11) is 0. The van der Waals surface area contributed by atoms with E-state index in [4.69, 9.17) is 9.47 Å². The van der Waals surface area contributed by atoms with Crippen LogP contribution in [0.5, 0.6) is 11.5 Å². The van der Waals surface area contributed by atoms with Crippen molar-refractivity contribution in [2.75, 3.05) is 22.9 Å². The minimum Gasteiger partial charge on any atom is -0.456 e. The molecular weight excluding hydrogens is 532 g/mol. The van der Waals surface area contributed by atoms with E-state index in [0.29, 0.717) is 30.2 Å². The van der Waals surface area contributed by atoms with Gasteiger partial charge in [0.25, 0.3) is 0 Å². The highest BCUT2D eigenvalue weighted by Crippen LogP contribution is 2.59. The third-order valence-corrected chi connectivity index (χ3v) is 8.59. The Morgan fingerprint density at radius 2 is 1.28 bits per heavy atom. The van der Waals surface area contributed by atoms with Crippen molar-refractivity contribution in [1.29, 1.82) is 0 Å². The maximum Gasteiger partial charge on any atom is 0.340 e. The van der Waals surface area contributed by atoms with Gasteiger partial charge in [-0.25, -0.2) is 4.79 Å². The highest BCUT2D eigenvalue weighted by atomic mass is 16.6. The molecule has 5 heteroatoms. The average molecular weight is 567 g/mol. The van der Waals surface area contributed by atoms with Crippen LogP contribution in [-0.4, -0.2) is 19.1 Å². The summed E-state index contributed by atoms with van der Waals surface area (Å²) in [5.74, 6) is 1.07. The minimum absolute atomic E-state index is 0.324. The Labute approximate surface area is 252 Å². The number of hydrogen-bond donors (Lipinski definition) is 0. The molecule has 0 N–H and O–H groups in total. The van der Waals surface area contributed by atoms with E-state index < -0.39 is 5.60 Å². The Hall–Kier alpha value is -5.03. The van der Waals surface area contributed by atoms with Gasteiger partial charge in [0.15, 0.2) is 5.60 Å². The van der Waals surface area contributed by atoms with Crippen LogP contribution in [-0.2, 0) is 23.4 Å². The van der Waals surface area contributed by atoms with E-state index in [1.54, 1.807) is 0 Å². The topological polar surface area (TPSA) is 42.0 Å².